The van der Waals surface area contributed by atoms with Crippen molar-refractivity contribution in [3.05, 3.63) is 62.1 Å². The SMILES string of the molecule is O=C(Nc1ccc(Cl)cc1Cl)C1CCN(Cc2c(Cl)cccc2Cl)CC1. The summed E-state index contributed by atoms with van der Waals surface area (Å²) in [7, 11) is 0. The van der Waals surface area contributed by atoms with Crippen molar-refractivity contribution in [1.29, 1.82) is 0 Å². The zero-order chi connectivity index (χ0) is 18.7. The van der Waals surface area contributed by atoms with Gasteiger partial charge in [0, 0.05) is 33.1 Å². The maximum absolute atomic E-state index is 12.5. The van der Waals surface area contributed by atoms with Crippen LogP contribution >= 0.6 is 46.4 Å². The van der Waals surface area contributed by atoms with Crippen molar-refractivity contribution in [2.75, 3.05) is 18.4 Å². The molecule has 0 bridgehead atoms. The van der Waals surface area contributed by atoms with Gasteiger partial charge < -0.3 is 5.32 Å². The minimum absolute atomic E-state index is 0.00958. The monoisotopic (exact) mass is 430 g/mol. The number of rotatable bonds is 4. The lowest BCUT2D eigenvalue weighted by atomic mass is 9.95. The molecule has 1 aliphatic rings. The van der Waals surface area contributed by atoms with Crippen LogP contribution in [0.3, 0.4) is 0 Å². The van der Waals surface area contributed by atoms with Gasteiger partial charge in [0.1, 0.15) is 0 Å². The van der Waals surface area contributed by atoms with Crippen LogP contribution in [0.2, 0.25) is 20.1 Å². The van der Waals surface area contributed by atoms with E-state index in [1.807, 2.05) is 18.2 Å². The third-order valence-corrected chi connectivity index (χ3v) is 5.85. The second-order valence-corrected chi connectivity index (χ2v) is 8.02. The summed E-state index contributed by atoms with van der Waals surface area (Å²) in [6, 6.07) is 10.6. The van der Waals surface area contributed by atoms with Gasteiger partial charge in [0.15, 0.2) is 0 Å². The topological polar surface area (TPSA) is 32.3 Å². The van der Waals surface area contributed by atoms with Crippen LogP contribution in [-0.2, 0) is 11.3 Å². The van der Waals surface area contributed by atoms with Crippen LogP contribution in [0.5, 0.6) is 0 Å². The Morgan fingerprint density at radius 3 is 2.27 bits per heavy atom. The van der Waals surface area contributed by atoms with Crippen molar-refractivity contribution in [1.82, 2.24) is 4.90 Å². The predicted molar refractivity (Wildman–Crippen MR) is 110 cm³/mol. The second-order valence-electron chi connectivity index (χ2n) is 6.36. The molecule has 3 nitrogen and oxygen atoms in total. The van der Waals surface area contributed by atoms with E-state index >= 15 is 0 Å². The highest BCUT2D eigenvalue weighted by Gasteiger charge is 2.26. The number of halogens is 4. The molecule has 7 heteroatoms. The fourth-order valence-electron chi connectivity index (χ4n) is 3.09. The van der Waals surface area contributed by atoms with Gasteiger partial charge in [0.05, 0.1) is 10.7 Å². The van der Waals surface area contributed by atoms with Gasteiger partial charge >= 0.3 is 0 Å². The number of nitrogens with zero attached hydrogens (tertiary/aromatic N) is 1. The largest absolute Gasteiger partial charge is 0.325 e. The lowest BCUT2D eigenvalue weighted by molar-refractivity contribution is -0.121. The van der Waals surface area contributed by atoms with E-state index in [2.05, 4.69) is 10.2 Å². The molecule has 3 rings (SSSR count). The van der Waals surface area contributed by atoms with Crippen molar-refractivity contribution in [3.8, 4) is 0 Å². The fourth-order valence-corrected chi connectivity index (χ4v) is 4.06. The number of amides is 1. The van der Waals surface area contributed by atoms with Gasteiger partial charge in [0.2, 0.25) is 5.91 Å². The molecule has 1 heterocycles. The first-order valence-electron chi connectivity index (χ1n) is 8.35. The first kappa shape index (κ1) is 19.8. The van der Waals surface area contributed by atoms with Crippen LogP contribution in [0, 0.1) is 5.92 Å². The Balaban J connectivity index is 1.55. The molecular weight excluding hydrogens is 414 g/mol. The summed E-state index contributed by atoms with van der Waals surface area (Å²) in [4.78, 5) is 14.8. The Morgan fingerprint density at radius 2 is 1.65 bits per heavy atom. The van der Waals surface area contributed by atoms with Crippen LogP contribution in [0.1, 0.15) is 18.4 Å². The number of likely N-dealkylation sites (tertiary alicyclic amines) is 1. The molecule has 2 aromatic rings. The summed E-state index contributed by atoms with van der Waals surface area (Å²) in [6.45, 7) is 2.32. The first-order valence-corrected chi connectivity index (χ1v) is 9.86. The Bertz CT molecular complexity index is 784. The summed E-state index contributed by atoms with van der Waals surface area (Å²) >= 11 is 24.5. The Labute approximate surface area is 173 Å². The standard InChI is InChI=1S/C19H18Cl4N2O/c20-13-4-5-18(17(23)10-13)24-19(26)12-6-8-25(9-7-12)11-14-15(21)2-1-3-16(14)22/h1-5,10,12H,6-9,11H2,(H,24,26). The highest BCUT2D eigenvalue weighted by molar-refractivity contribution is 6.37. The summed E-state index contributed by atoms with van der Waals surface area (Å²) < 4.78 is 0. The predicted octanol–water partition coefficient (Wildman–Crippen LogP) is 6.15. The van der Waals surface area contributed by atoms with Gasteiger partial charge in [-0.1, -0.05) is 52.5 Å². The average molecular weight is 432 g/mol. The van der Waals surface area contributed by atoms with E-state index in [0.29, 0.717) is 32.3 Å². The van der Waals surface area contributed by atoms with Gasteiger partial charge in [-0.2, -0.15) is 0 Å². The molecule has 1 fully saturated rings. The number of hydrogen-bond donors (Lipinski definition) is 1. The quantitative estimate of drug-likeness (QED) is 0.629. The molecule has 2 aromatic carbocycles. The maximum Gasteiger partial charge on any atom is 0.227 e. The van der Waals surface area contributed by atoms with Crippen molar-refractivity contribution in [3.63, 3.8) is 0 Å². The van der Waals surface area contributed by atoms with E-state index in [9.17, 15) is 4.79 Å². The smallest absolute Gasteiger partial charge is 0.227 e. The van der Waals surface area contributed by atoms with Gasteiger partial charge in [-0.05, 0) is 56.3 Å². The molecule has 138 valence electrons. The number of benzene rings is 2. The first-order chi connectivity index (χ1) is 12.4. The summed E-state index contributed by atoms with van der Waals surface area (Å²) in [5, 5.41) is 5.23. The molecule has 1 amide bonds. The van der Waals surface area contributed by atoms with Gasteiger partial charge in [-0.3, -0.25) is 9.69 Å². The van der Waals surface area contributed by atoms with E-state index in [4.69, 9.17) is 46.4 Å². The molecule has 0 atom stereocenters. The minimum atomic E-state index is -0.0419. The molecule has 0 spiro atoms. The summed E-state index contributed by atoms with van der Waals surface area (Å²) in [5.41, 5.74) is 1.53. The zero-order valence-electron chi connectivity index (χ0n) is 13.9. The van der Waals surface area contributed by atoms with E-state index in [0.717, 1.165) is 31.5 Å². The lowest BCUT2D eigenvalue weighted by Crippen LogP contribution is -2.37. The molecule has 26 heavy (non-hydrogen) atoms. The van der Waals surface area contributed by atoms with Crippen molar-refractivity contribution in [2.45, 2.75) is 19.4 Å². The van der Waals surface area contributed by atoms with Crippen molar-refractivity contribution >= 4 is 58.0 Å². The Hall–Kier alpha value is -0.970. The maximum atomic E-state index is 12.5. The van der Waals surface area contributed by atoms with Crippen molar-refractivity contribution < 1.29 is 4.79 Å². The Morgan fingerprint density at radius 1 is 1.00 bits per heavy atom. The van der Waals surface area contributed by atoms with E-state index < -0.39 is 0 Å². The second kappa shape index (κ2) is 8.81. The average Bonchev–Trinajstić information content (AvgIpc) is 2.61. The number of nitrogens with one attached hydrogen (secondary N) is 1. The van der Waals surface area contributed by atoms with Crippen LogP contribution in [0.15, 0.2) is 36.4 Å². The van der Waals surface area contributed by atoms with E-state index in [1.54, 1.807) is 18.2 Å². The highest BCUT2D eigenvalue weighted by atomic mass is 35.5. The normalized spacial score (nSPS) is 15.8. The van der Waals surface area contributed by atoms with E-state index in [1.165, 1.54) is 0 Å². The number of carbonyl (C=O) groups excluding carboxylic acids is 1. The number of carbonyl (C=O) groups is 1. The van der Waals surface area contributed by atoms with Crippen LogP contribution in [-0.4, -0.2) is 23.9 Å². The van der Waals surface area contributed by atoms with Gasteiger partial charge in [-0.15, -0.1) is 0 Å². The van der Waals surface area contributed by atoms with Gasteiger partial charge in [0.25, 0.3) is 0 Å². The molecule has 0 unspecified atom stereocenters. The third kappa shape index (κ3) is 4.85. The highest BCUT2D eigenvalue weighted by Crippen LogP contribution is 2.29. The minimum Gasteiger partial charge on any atom is -0.325 e. The molecule has 1 N–H and O–H groups in total. The fraction of sp³-hybridized carbons (Fsp3) is 0.316. The summed E-state index contributed by atoms with van der Waals surface area (Å²) in [5.74, 6) is -0.0515. The number of piperidine rings is 1. The molecule has 0 radical (unpaired) electrons. The molecule has 1 aliphatic heterocycles. The molecule has 1 saturated heterocycles. The van der Waals surface area contributed by atoms with Crippen molar-refractivity contribution in [2.24, 2.45) is 5.92 Å². The summed E-state index contributed by atoms with van der Waals surface area (Å²) in [6.07, 6.45) is 1.55. The molecule has 0 saturated carbocycles. The lowest BCUT2D eigenvalue weighted by Gasteiger charge is -2.31. The van der Waals surface area contributed by atoms with Crippen LogP contribution < -0.4 is 5.32 Å². The van der Waals surface area contributed by atoms with E-state index in [-0.39, 0.29) is 11.8 Å². The number of anilines is 1. The van der Waals surface area contributed by atoms with Crippen LogP contribution in [0.4, 0.5) is 5.69 Å². The zero-order valence-corrected chi connectivity index (χ0v) is 17.0. The molecular formula is C19H18Cl4N2O. The molecule has 0 aliphatic carbocycles. The third-order valence-electron chi connectivity index (χ3n) is 4.59. The van der Waals surface area contributed by atoms with Gasteiger partial charge in [-0.25, -0.2) is 0 Å². The molecule has 0 aromatic heterocycles. The Kier molecular flexibility index (Phi) is 6.70. The van der Waals surface area contributed by atoms with Crippen LogP contribution in [0.25, 0.3) is 0 Å². The number of hydrogen-bond acceptors (Lipinski definition) is 2.